The summed E-state index contributed by atoms with van der Waals surface area (Å²) in [6, 6.07) is 20.8. The van der Waals surface area contributed by atoms with Crippen molar-refractivity contribution in [2.24, 2.45) is 0 Å². The van der Waals surface area contributed by atoms with Crippen molar-refractivity contribution in [1.29, 1.82) is 0 Å². The van der Waals surface area contributed by atoms with E-state index in [1.54, 1.807) is 67.6 Å². The van der Waals surface area contributed by atoms with Crippen molar-refractivity contribution in [3.05, 3.63) is 100 Å². The molecule has 3 aromatic carbocycles. The van der Waals surface area contributed by atoms with Crippen LogP contribution in [0, 0.1) is 6.92 Å². The molecule has 1 aliphatic heterocycles. The number of aromatic nitrogens is 2. The third-order valence-electron chi connectivity index (χ3n) is 6.27. The number of hydrogen-bond acceptors (Lipinski definition) is 5. The van der Waals surface area contributed by atoms with Gasteiger partial charge in [-0.25, -0.2) is 4.98 Å². The molecule has 4 aromatic rings. The monoisotopic (exact) mass is 482 g/mol. The topological polar surface area (TPSA) is 102 Å². The molecule has 5 rings (SSSR count). The average molecular weight is 483 g/mol. The fourth-order valence-corrected chi connectivity index (χ4v) is 4.40. The Labute approximate surface area is 207 Å². The largest absolute Gasteiger partial charge is 0.376 e. The lowest BCUT2D eigenvalue weighted by molar-refractivity contribution is 0.0858. The maximum absolute atomic E-state index is 13.0. The molecule has 8 nitrogen and oxygen atoms in total. The molecule has 36 heavy (non-hydrogen) atoms. The first-order valence-corrected chi connectivity index (χ1v) is 11.9. The number of amides is 2. The van der Waals surface area contributed by atoms with Crippen LogP contribution in [0.5, 0.6) is 0 Å². The first-order chi connectivity index (χ1) is 17.5. The third kappa shape index (κ3) is 4.76. The van der Waals surface area contributed by atoms with Gasteiger partial charge in [-0.2, -0.15) is 0 Å². The molecule has 1 aliphatic rings. The average Bonchev–Trinajstić information content (AvgIpc) is 3.42. The molecule has 8 heteroatoms. The van der Waals surface area contributed by atoms with Crippen molar-refractivity contribution in [2.75, 3.05) is 18.5 Å². The Morgan fingerprint density at radius 2 is 1.75 bits per heavy atom. The van der Waals surface area contributed by atoms with Crippen LogP contribution >= 0.6 is 0 Å². The van der Waals surface area contributed by atoms with Crippen LogP contribution in [0.3, 0.4) is 0 Å². The Morgan fingerprint density at radius 1 is 1.00 bits per heavy atom. The summed E-state index contributed by atoms with van der Waals surface area (Å²) in [5.74, 6) is -0.0733. The number of para-hydroxylation sites is 2. The first kappa shape index (κ1) is 23.4. The summed E-state index contributed by atoms with van der Waals surface area (Å²) in [6.07, 6.45) is 1.95. The van der Waals surface area contributed by atoms with E-state index in [0.29, 0.717) is 45.8 Å². The predicted octanol–water partition coefficient (Wildman–Crippen LogP) is 3.86. The first-order valence-electron chi connectivity index (χ1n) is 11.9. The van der Waals surface area contributed by atoms with E-state index in [-0.39, 0.29) is 23.5 Å². The molecule has 2 heterocycles. The Bertz CT molecular complexity index is 1490. The minimum atomic E-state index is -0.360. The molecule has 182 valence electrons. The van der Waals surface area contributed by atoms with Gasteiger partial charge in [0.15, 0.2) is 0 Å². The molecule has 1 unspecified atom stereocenters. The number of ether oxygens (including phenoxy) is 1. The Kier molecular flexibility index (Phi) is 6.60. The van der Waals surface area contributed by atoms with E-state index in [4.69, 9.17) is 4.74 Å². The van der Waals surface area contributed by atoms with Crippen molar-refractivity contribution >= 4 is 28.4 Å². The minimum Gasteiger partial charge on any atom is -0.376 e. The zero-order chi connectivity index (χ0) is 25.1. The van der Waals surface area contributed by atoms with Gasteiger partial charge in [0.1, 0.15) is 5.82 Å². The van der Waals surface area contributed by atoms with Crippen LogP contribution in [0.1, 0.15) is 39.4 Å². The Hall–Kier alpha value is -4.30. The number of benzene rings is 3. The zero-order valence-corrected chi connectivity index (χ0v) is 19.9. The molecule has 1 fully saturated rings. The van der Waals surface area contributed by atoms with Crippen molar-refractivity contribution in [3.63, 3.8) is 0 Å². The Morgan fingerprint density at radius 3 is 2.53 bits per heavy atom. The molecule has 0 radical (unpaired) electrons. The second kappa shape index (κ2) is 10.1. The van der Waals surface area contributed by atoms with Crippen LogP contribution < -0.4 is 16.2 Å². The summed E-state index contributed by atoms with van der Waals surface area (Å²) in [5, 5.41) is 6.25. The van der Waals surface area contributed by atoms with Crippen molar-refractivity contribution in [3.8, 4) is 5.69 Å². The molecule has 0 spiro atoms. The quantitative estimate of drug-likeness (QED) is 0.435. The van der Waals surface area contributed by atoms with Gasteiger partial charge in [-0.1, -0.05) is 24.3 Å². The molecule has 1 saturated heterocycles. The number of anilines is 1. The minimum absolute atomic E-state index is 0.0307. The molecular formula is C28H26N4O4. The van der Waals surface area contributed by atoms with E-state index in [1.165, 1.54) is 4.57 Å². The highest BCUT2D eigenvalue weighted by Crippen LogP contribution is 2.19. The molecule has 1 aromatic heterocycles. The standard InChI is InChI=1S/C28H26N4O4/c1-18-30-25-11-5-3-9-23(25)28(35)32(18)20-14-12-19(13-15-20)26(33)31-24-10-4-2-8-22(24)27(34)29-17-21-7-6-16-36-21/h2-5,8-15,21H,6-7,16-17H2,1H3,(H,29,34)(H,31,33). The number of hydrogen-bond donors (Lipinski definition) is 2. The van der Waals surface area contributed by atoms with E-state index < -0.39 is 0 Å². The number of nitrogens with one attached hydrogen (secondary N) is 2. The molecule has 0 bridgehead atoms. The SMILES string of the molecule is Cc1nc2ccccc2c(=O)n1-c1ccc(C(=O)Nc2ccccc2C(=O)NCC2CCCO2)cc1. The van der Waals surface area contributed by atoms with Gasteiger partial charge in [0, 0.05) is 18.7 Å². The molecule has 2 N–H and O–H groups in total. The van der Waals surface area contributed by atoms with Crippen molar-refractivity contribution in [2.45, 2.75) is 25.9 Å². The van der Waals surface area contributed by atoms with Crippen LogP contribution in [0.25, 0.3) is 16.6 Å². The zero-order valence-electron chi connectivity index (χ0n) is 19.9. The van der Waals surface area contributed by atoms with Crippen LogP contribution in [-0.2, 0) is 4.74 Å². The highest BCUT2D eigenvalue weighted by molar-refractivity contribution is 6.09. The van der Waals surface area contributed by atoms with E-state index in [1.807, 2.05) is 12.1 Å². The van der Waals surface area contributed by atoms with Gasteiger partial charge in [0.2, 0.25) is 0 Å². The second-order valence-electron chi connectivity index (χ2n) is 8.71. The fourth-order valence-electron chi connectivity index (χ4n) is 4.40. The summed E-state index contributed by atoms with van der Waals surface area (Å²) in [7, 11) is 0. The highest BCUT2D eigenvalue weighted by Gasteiger charge is 2.19. The molecular weight excluding hydrogens is 456 g/mol. The van der Waals surface area contributed by atoms with Gasteiger partial charge >= 0.3 is 0 Å². The van der Waals surface area contributed by atoms with Gasteiger partial charge in [0.05, 0.1) is 33.9 Å². The van der Waals surface area contributed by atoms with E-state index in [0.717, 1.165) is 19.4 Å². The van der Waals surface area contributed by atoms with Crippen molar-refractivity contribution in [1.82, 2.24) is 14.9 Å². The van der Waals surface area contributed by atoms with Crippen molar-refractivity contribution < 1.29 is 14.3 Å². The normalized spacial score (nSPS) is 15.1. The smallest absolute Gasteiger partial charge is 0.265 e. The van der Waals surface area contributed by atoms with Gasteiger partial charge in [-0.3, -0.25) is 19.0 Å². The van der Waals surface area contributed by atoms with Gasteiger partial charge < -0.3 is 15.4 Å². The third-order valence-corrected chi connectivity index (χ3v) is 6.27. The number of rotatable bonds is 6. The summed E-state index contributed by atoms with van der Waals surface area (Å²) in [4.78, 5) is 43.3. The lowest BCUT2D eigenvalue weighted by Crippen LogP contribution is -2.32. The van der Waals surface area contributed by atoms with Crippen LogP contribution in [-0.4, -0.2) is 40.6 Å². The summed E-state index contributed by atoms with van der Waals surface area (Å²) >= 11 is 0. The molecule has 0 aliphatic carbocycles. The van der Waals surface area contributed by atoms with Gasteiger partial charge in [-0.05, 0) is 68.3 Å². The van der Waals surface area contributed by atoms with Crippen LogP contribution in [0.4, 0.5) is 5.69 Å². The lowest BCUT2D eigenvalue weighted by Gasteiger charge is -2.14. The van der Waals surface area contributed by atoms with Crippen LogP contribution in [0.15, 0.2) is 77.6 Å². The number of nitrogens with zero attached hydrogens (tertiary/aromatic N) is 2. The fraction of sp³-hybridized carbons (Fsp3) is 0.214. The number of carbonyl (C=O) groups is 2. The lowest BCUT2D eigenvalue weighted by atomic mass is 10.1. The maximum atomic E-state index is 13.0. The highest BCUT2D eigenvalue weighted by atomic mass is 16.5. The number of aryl methyl sites for hydroxylation is 1. The van der Waals surface area contributed by atoms with E-state index in [9.17, 15) is 14.4 Å². The summed E-state index contributed by atoms with van der Waals surface area (Å²) < 4.78 is 7.09. The van der Waals surface area contributed by atoms with E-state index in [2.05, 4.69) is 15.6 Å². The molecule has 2 amide bonds. The Balaban J connectivity index is 1.33. The molecule has 0 saturated carbocycles. The van der Waals surface area contributed by atoms with Crippen LogP contribution in [0.2, 0.25) is 0 Å². The van der Waals surface area contributed by atoms with Gasteiger partial charge in [-0.15, -0.1) is 0 Å². The molecule has 1 atom stereocenters. The summed E-state index contributed by atoms with van der Waals surface area (Å²) in [6.45, 7) is 2.93. The summed E-state index contributed by atoms with van der Waals surface area (Å²) in [5.41, 5.74) is 2.28. The predicted molar refractivity (Wildman–Crippen MR) is 138 cm³/mol. The van der Waals surface area contributed by atoms with E-state index >= 15 is 0 Å². The van der Waals surface area contributed by atoms with Gasteiger partial charge in [0.25, 0.3) is 17.4 Å². The number of fused-ring (bicyclic) bond motifs is 1. The second-order valence-corrected chi connectivity index (χ2v) is 8.71. The maximum Gasteiger partial charge on any atom is 0.265 e. The number of carbonyl (C=O) groups excluding carboxylic acids is 2.